The number of fused-ring (bicyclic) bond motifs is 1. The van der Waals surface area contributed by atoms with Crippen molar-refractivity contribution in [2.45, 2.75) is 13.0 Å². The summed E-state index contributed by atoms with van der Waals surface area (Å²) in [5.41, 5.74) is 6.11. The predicted molar refractivity (Wildman–Crippen MR) is 56.7 cm³/mol. The molecule has 2 aromatic rings. The molecular weight excluding hydrogens is 193 g/mol. The standard InChI is InChI=1S/C12H10FNO/c1-8(14)2-4-11-7-9-6-10(13)3-5-12(9)15-11/h3,5-8H,14H2,1H3. The first-order valence-electron chi connectivity index (χ1n) is 4.61. The number of rotatable bonds is 0. The molecule has 0 aliphatic rings. The van der Waals surface area contributed by atoms with Crippen molar-refractivity contribution in [3.63, 3.8) is 0 Å². The van der Waals surface area contributed by atoms with Crippen LogP contribution < -0.4 is 5.73 Å². The van der Waals surface area contributed by atoms with Crippen molar-refractivity contribution < 1.29 is 8.81 Å². The predicted octanol–water partition coefficient (Wildman–Crippen LogP) is 2.27. The van der Waals surface area contributed by atoms with Gasteiger partial charge in [-0.1, -0.05) is 5.92 Å². The number of hydrogen-bond acceptors (Lipinski definition) is 2. The summed E-state index contributed by atoms with van der Waals surface area (Å²) < 4.78 is 18.2. The van der Waals surface area contributed by atoms with Crippen molar-refractivity contribution in [3.8, 4) is 11.8 Å². The van der Waals surface area contributed by atoms with Crippen LogP contribution in [0.3, 0.4) is 0 Å². The molecule has 2 N–H and O–H groups in total. The lowest BCUT2D eigenvalue weighted by atomic mass is 10.2. The summed E-state index contributed by atoms with van der Waals surface area (Å²) >= 11 is 0. The van der Waals surface area contributed by atoms with E-state index in [9.17, 15) is 4.39 Å². The van der Waals surface area contributed by atoms with Gasteiger partial charge in [0.25, 0.3) is 0 Å². The molecule has 2 rings (SSSR count). The minimum atomic E-state index is -0.282. The largest absolute Gasteiger partial charge is 0.448 e. The van der Waals surface area contributed by atoms with Gasteiger partial charge in [0.1, 0.15) is 11.4 Å². The number of nitrogens with two attached hydrogens (primary N) is 1. The highest BCUT2D eigenvalue weighted by Crippen LogP contribution is 2.19. The Hall–Kier alpha value is -1.79. The van der Waals surface area contributed by atoms with Gasteiger partial charge in [0, 0.05) is 11.5 Å². The molecule has 3 heteroatoms. The van der Waals surface area contributed by atoms with Gasteiger partial charge in [-0.3, -0.25) is 0 Å². The Morgan fingerprint density at radius 3 is 2.93 bits per heavy atom. The van der Waals surface area contributed by atoms with Gasteiger partial charge in [0.2, 0.25) is 0 Å². The highest BCUT2D eigenvalue weighted by atomic mass is 19.1. The number of furan rings is 1. The van der Waals surface area contributed by atoms with E-state index in [1.807, 2.05) is 0 Å². The van der Waals surface area contributed by atoms with Crippen molar-refractivity contribution >= 4 is 11.0 Å². The molecule has 1 aromatic carbocycles. The van der Waals surface area contributed by atoms with Crippen molar-refractivity contribution in [1.29, 1.82) is 0 Å². The molecule has 0 radical (unpaired) electrons. The van der Waals surface area contributed by atoms with Gasteiger partial charge in [-0.05, 0) is 31.0 Å². The first kappa shape index (κ1) is 9.75. The molecule has 15 heavy (non-hydrogen) atoms. The average Bonchev–Trinajstić information content (AvgIpc) is 2.56. The quantitative estimate of drug-likeness (QED) is 0.667. The molecule has 1 atom stereocenters. The van der Waals surface area contributed by atoms with Crippen LogP contribution in [0.15, 0.2) is 28.7 Å². The number of hydrogen-bond donors (Lipinski definition) is 1. The Labute approximate surface area is 86.9 Å². The van der Waals surface area contributed by atoms with E-state index >= 15 is 0 Å². The SMILES string of the molecule is CC(N)C#Cc1cc2cc(F)ccc2o1. The van der Waals surface area contributed by atoms with Crippen LogP contribution >= 0.6 is 0 Å². The first-order valence-corrected chi connectivity index (χ1v) is 4.61. The second kappa shape index (κ2) is 3.76. The van der Waals surface area contributed by atoms with Crippen molar-refractivity contribution in [2.75, 3.05) is 0 Å². The molecule has 0 fully saturated rings. The third-order valence-electron chi connectivity index (χ3n) is 1.90. The maximum Gasteiger partial charge on any atom is 0.178 e. The molecule has 0 saturated carbocycles. The van der Waals surface area contributed by atoms with E-state index in [1.54, 1.807) is 19.1 Å². The molecule has 0 spiro atoms. The van der Waals surface area contributed by atoms with Crippen LogP contribution in [0.4, 0.5) is 4.39 Å². The van der Waals surface area contributed by atoms with E-state index in [2.05, 4.69) is 11.8 Å². The van der Waals surface area contributed by atoms with Gasteiger partial charge in [0.05, 0.1) is 6.04 Å². The van der Waals surface area contributed by atoms with E-state index < -0.39 is 0 Å². The molecule has 1 aromatic heterocycles. The average molecular weight is 203 g/mol. The molecule has 0 amide bonds. The van der Waals surface area contributed by atoms with Crippen LogP contribution in [0.2, 0.25) is 0 Å². The lowest BCUT2D eigenvalue weighted by molar-refractivity contribution is 0.597. The van der Waals surface area contributed by atoms with E-state index in [0.717, 1.165) is 0 Å². The maximum atomic E-state index is 12.9. The van der Waals surface area contributed by atoms with Crippen LogP contribution in [0.25, 0.3) is 11.0 Å². The highest BCUT2D eigenvalue weighted by molar-refractivity contribution is 5.78. The van der Waals surface area contributed by atoms with Crippen LogP contribution in [-0.2, 0) is 0 Å². The Balaban J connectivity index is 2.44. The molecule has 1 unspecified atom stereocenters. The summed E-state index contributed by atoms with van der Waals surface area (Å²) in [6, 6.07) is 5.86. The molecule has 0 aliphatic carbocycles. The van der Waals surface area contributed by atoms with Crippen molar-refractivity contribution in [1.82, 2.24) is 0 Å². The third kappa shape index (κ3) is 2.17. The van der Waals surface area contributed by atoms with Crippen LogP contribution in [0, 0.1) is 17.7 Å². The summed E-state index contributed by atoms with van der Waals surface area (Å²) in [5.74, 6) is 5.79. The van der Waals surface area contributed by atoms with E-state index in [-0.39, 0.29) is 11.9 Å². The summed E-state index contributed by atoms with van der Waals surface area (Å²) in [4.78, 5) is 0. The third-order valence-corrected chi connectivity index (χ3v) is 1.90. The lowest BCUT2D eigenvalue weighted by Gasteiger charge is -1.87. The fraction of sp³-hybridized carbons (Fsp3) is 0.167. The Bertz CT molecular complexity index is 545. The van der Waals surface area contributed by atoms with Gasteiger partial charge < -0.3 is 10.2 Å². The first-order chi connectivity index (χ1) is 7.15. The van der Waals surface area contributed by atoms with Crippen molar-refractivity contribution in [3.05, 3.63) is 35.8 Å². The molecular formula is C12H10FNO. The van der Waals surface area contributed by atoms with Gasteiger partial charge >= 0.3 is 0 Å². The normalized spacial score (nSPS) is 12.2. The van der Waals surface area contributed by atoms with Crippen LogP contribution in [0.1, 0.15) is 12.7 Å². The molecule has 0 aliphatic heterocycles. The second-order valence-corrected chi connectivity index (χ2v) is 3.35. The van der Waals surface area contributed by atoms with Gasteiger partial charge in [-0.25, -0.2) is 4.39 Å². The zero-order chi connectivity index (χ0) is 10.8. The molecule has 1 heterocycles. The lowest BCUT2D eigenvalue weighted by Crippen LogP contribution is -2.10. The fourth-order valence-corrected chi connectivity index (χ4v) is 1.26. The minimum absolute atomic E-state index is 0.199. The van der Waals surface area contributed by atoms with Gasteiger partial charge in [0.15, 0.2) is 5.76 Å². The second-order valence-electron chi connectivity index (χ2n) is 3.35. The number of halogens is 1. The summed E-state index contributed by atoms with van der Waals surface area (Å²) in [6.45, 7) is 1.79. The van der Waals surface area contributed by atoms with Crippen LogP contribution in [0.5, 0.6) is 0 Å². The molecule has 2 nitrogen and oxygen atoms in total. The smallest absolute Gasteiger partial charge is 0.178 e. The molecule has 0 bridgehead atoms. The number of benzene rings is 1. The zero-order valence-corrected chi connectivity index (χ0v) is 8.25. The monoisotopic (exact) mass is 203 g/mol. The molecule has 0 saturated heterocycles. The zero-order valence-electron chi connectivity index (χ0n) is 8.25. The molecule has 76 valence electrons. The maximum absolute atomic E-state index is 12.9. The summed E-state index contributed by atoms with van der Waals surface area (Å²) in [6.07, 6.45) is 0. The topological polar surface area (TPSA) is 39.2 Å². The van der Waals surface area contributed by atoms with Gasteiger partial charge in [-0.2, -0.15) is 0 Å². The Morgan fingerprint density at radius 1 is 1.40 bits per heavy atom. The summed E-state index contributed by atoms with van der Waals surface area (Å²) in [7, 11) is 0. The summed E-state index contributed by atoms with van der Waals surface area (Å²) in [5, 5.41) is 0.712. The van der Waals surface area contributed by atoms with Crippen molar-refractivity contribution in [2.24, 2.45) is 5.73 Å². The minimum Gasteiger partial charge on any atom is -0.448 e. The fourth-order valence-electron chi connectivity index (χ4n) is 1.26. The van der Waals surface area contributed by atoms with Gasteiger partial charge in [-0.15, -0.1) is 0 Å². The van der Waals surface area contributed by atoms with E-state index in [1.165, 1.54) is 12.1 Å². The van der Waals surface area contributed by atoms with Crippen LogP contribution in [-0.4, -0.2) is 6.04 Å². The highest BCUT2D eigenvalue weighted by Gasteiger charge is 2.02. The Morgan fingerprint density at radius 2 is 2.20 bits per heavy atom. The van der Waals surface area contributed by atoms with E-state index in [0.29, 0.717) is 16.7 Å². The van der Waals surface area contributed by atoms with E-state index in [4.69, 9.17) is 10.2 Å². The Kier molecular flexibility index (Phi) is 2.44.